The van der Waals surface area contributed by atoms with E-state index in [1.165, 1.54) is 18.0 Å². The quantitative estimate of drug-likeness (QED) is 0.453. The zero-order valence-corrected chi connectivity index (χ0v) is 19.8. The number of halogens is 1. The SMILES string of the molecule is C=C(NSc1cc(F)cc(C(C)(C)C)c1)Nc1c(C(C)C)cc(C#N)cc1C(C)C. The van der Waals surface area contributed by atoms with E-state index in [0.717, 1.165) is 27.3 Å². The third kappa shape index (κ3) is 6.03. The van der Waals surface area contributed by atoms with Crippen LogP contribution in [0.25, 0.3) is 0 Å². The van der Waals surface area contributed by atoms with Gasteiger partial charge in [0, 0.05) is 10.6 Å². The molecule has 2 aromatic carbocycles. The second kappa shape index (κ2) is 9.57. The number of benzene rings is 2. The van der Waals surface area contributed by atoms with Crippen molar-refractivity contribution in [2.75, 3.05) is 5.32 Å². The average Bonchev–Trinajstić information content (AvgIpc) is 2.64. The molecule has 5 heteroatoms. The summed E-state index contributed by atoms with van der Waals surface area (Å²) in [4.78, 5) is 0.788. The number of rotatable bonds is 7. The summed E-state index contributed by atoms with van der Waals surface area (Å²) in [5.41, 5.74) is 4.61. The second-order valence-electron chi connectivity index (χ2n) is 9.18. The number of nitrogens with zero attached hydrogens (tertiary/aromatic N) is 1. The Morgan fingerprint density at radius 2 is 1.60 bits per heavy atom. The van der Waals surface area contributed by atoms with E-state index in [1.807, 2.05) is 18.2 Å². The van der Waals surface area contributed by atoms with Crippen molar-refractivity contribution < 1.29 is 4.39 Å². The molecule has 0 atom stereocenters. The molecule has 0 unspecified atom stereocenters. The zero-order valence-electron chi connectivity index (χ0n) is 19.0. The van der Waals surface area contributed by atoms with Crippen LogP contribution in [-0.2, 0) is 5.41 Å². The Morgan fingerprint density at radius 1 is 1.03 bits per heavy atom. The largest absolute Gasteiger partial charge is 0.341 e. The lowest BCUT2D eigenvalue weighted by Gasteiger charge is -2.23. The molecule has 3 nitrogen and oxygen atoms in total. The number of anilines is 1. The van der Waals surface area contributed by atoms with Crippen molar-refractivity contribution >= 4 is 17.6 Å². The van der Waals surface area contributed by atoms with Crippen LogP contribution < -0.4 is 10.0 Å². The highest BCUT2D eigenvalue weighted by Gasteiger charge is 2.18. The highest BCUT2D eigenvalue weighted by atomic mass is 32.2. The highest BCUT2D eigenvalue weighted by molar-refractivity contribution is 7.97. The molecule has 0 bridgehead atoms. The molecule has 0 radical (unpaired) electrons. The summed E-state index contributed by atoms with van der Waals surface area (Å²) in [7, 11) is 0. The molecule has 0 aromatic heterocycles. The third-order valence-electron chi connectivity index (χ3n) is 4.88. The van der Waals surface area contributed by atoms with Gasteiger partial charge in [-0.2, -0.15) is 5.26 Å². The van der Waals surface area contributed by atoms with Crippen molar-refractivity contribution in [3.05, 3.63) is 70.8 Å². The predicted molar refractivity (Wildman–Crippen MR) is 126 cm³/mol. The maximum Gasteiger partial charge on any atom is 0.124 e. The Morgan fingerprint density at radius 3 is 2.07 bits per heavy atom. The maximum absolute atomic E-state index is 14.1. The first-order valence-electron chi connectivity index (χ1n) is 10.2. The third-order valence-corrected chi connectivity index (χ3v) is 5.70. The van der Waals surface area contributed by atoms with E-state index < -0.39 is 0 Å². The highest BCUT2D eigenvalue weighted by Crippen LogP contribution is 2.35. The number of hydrogen-bond acceptors (Lipinski definition) is 4. The molecule has 0 fully saturated rings. The molecule has 160 valence electrons. The fourth-order valence-corrected chi connectivity index (χ4v) is 3.81. The van der Waals surface area contributed by atoms with Gasteiger partial charge in [0.15, 0.2) is 0 Å². The lowest BCUT2D eigenvalue weighted by atomic mass is 9.87. The van der Waals surface area contributed by atoms with Crippen LogP contribution in [0.5, 0.6) is 0 Å². The van der Waals surface area contributed by atoms with Gasteiger partial charge in [-0.25, -0.2) is 4.39 Å². The van der Waals surface area contributed by atoms with Gasteiger partial charge in [-0.15, -0.1) is 0 Å². The van der Waals surface area contributed by atoms with Gasteiger partial charge in [0.25, 0.3) is 0 Å². The molecule has 0 heterocycles. The molecule has 0 saturated carbocycles. The summed E-state index contributed by atoms with van der Waals surface area (Å²) >= 11 is 1.32. The Hall–Kier alpha value is -2.45. The minimum absolute atomic E-state index is 0.131. The van der Waals surface area contributed by atoms with Gasteiger partial charge in [0.2, 0.25) is 0 Å². The summed E-state index contributed by atoms with van der Waals surface area (Å²) in [6, 6.07) is 11.2. The van der Waals surface area contributed by atoms with Crippen molar-refractivity contribution in [3.63, 3.8) is 0 Å². The van der Waals surface area contributed by atoms with E-state index in [4.69, 9.17) is 0 Å². The normalized spacial score (nSPS) is 11.5. The van der Waals surface area contributed by atoms with Crippen LogP contribution in [0.15, 0.2) is 47.6 Å². The van der Waals surface area contributed by atoms with Crippen molar-refractivity contribution in [1.82, 2.24) is 4.72 Å². The number of nitriles is 1. The van der Waals surface area contributed by atoms with E-state index in [9.17, 15) is 9.65 Å². The molecule has 30 heavy (non-hydrogen) atoms. The molecular formula is C25H32FN3S. The molecule has 0 aliphatic rings. The van der Waals surface area contributed by atoms with Crippen LogP contribution in [0.2, 0.25) is 0 Å². The van der Waals surface area contributed by atoms with Crippen LogP contribution >= 0.6 is 11.9 Å². The molecule has 0 aliphatic heterocycles. The van der Waals surface area contributed by atoms with E-state index >= 15 is 0 Å². The predicted octanol–water partition coefficient (Wildman–Crippen LogP) is 7.42. The minimum Gasteiger partial charge on any atom is -0.341 e. The Bertz CT molecular complexity index is 936. The van der Waals surface area contributed by atoms with Gasteiger partial charge in [-0.3, -0.25) is 0 Å². The summed E-state index contributed by atoms with van der Waals surface area (Å²) in [6.07, 6.45) is 0. The molecular weight excluding hydrogens is 393 g/mol. The second-order valence-corrected chi connectivity index (χ2v) is 10.1. The molecule has 0 aliphatic carbocycles. The van der Waals surface area contributed by atoms with E-state index in [1.54, 1.807) is 6.07 Å². The van der Waals surface area contributed by atoms with Crippen LogP contribution in [0.4, 0.5) is 10.1 Å². The first-order valence-corrected chi connectivity index (χ1v) is 11.0. The van der Waals surface area contributed by atoms with Gasteiger partial charge < -0.3 is 10.0 Å². The average molecular weight is 426 g/mol. The Labute approximate surface area is 184 Å². The molecule has 0 saturated heterocycles. The smallest absolute Gasteiger partial charge is 0.124 e. The van der Waals surface area contributed by atoms with Gasteiger partial charge in [-0.05, 0) is 76.2 Å². The van der Waals surface area contributed by atoms with Crippen LogP contribution in [0, 0.1) is 17.1 Å². The van der Waals surface area contributed by atoms with Crippen molar-refractivity contribution in [3.8, 4) is 6.07 Å². The van der Waals surface area contributed by atoms with Gasteiger partial charge >= 0.3 is 0 Å². The lowest BCUT2D eigenvalue weighted by Crippen LogP contribution is -2.15. The number of nitrogens with one attached hydrogen (secondary N) is 2. The van der Waals surface area contributed by atoms with E-state index in [-0.39, 0.29) is 23.1 Å². The first kappa shape index (κ1) is 23.8. The van der Waals surface area contributed by atoms with E-state index in [0.29, 0.717) is 11.4 Å². The van der Waals surface area contributed by atoms with Gasteiger partial charge in [0.05, 0.1) is 11.6 Å². The van der Waals surface area contributed by atoms with Gasteiger partial charge in [0.1, 0.15) is 11.6 Å². The standard InChI is InChI=1S/C25H32FN3S/c1-15(2)22-9-18(14-27)10-23(16(3)4)24(22)28-17(5)29-30-21-12-19(25(6,7)8)11-20(26)13-21/h9-13,15-16,28-29H,5H2,1-4,6-8H3. The van der Waals surface area contributed by atoms with Crippen molar-refractivity contribution in [1.29, 1.82) is 5.26 Å². The van der Waals surface area contributed by atoms with Crippen LogP contribution in [-0.4, -0.2) is 0 Å². The fourth-order valence-electron chi connectivity index (χ4n) is 3.16. The van der Waals surface area contributed by atoms with Gasteiger partial charge in [-0.1, -0.05) is 55.0 Å². The monoisotopic (exact) mass is 425 g/mol. The number of hydrogen-bond donors (Lipinski definition) is 2. The summed E-state index contributed by atoms with van der Waals surface area (Å²) < 4.78 is 17.3. The summed E-state index contributed by atoms with van der Waals surface area (Å²) in [6.45, 7) is 18.7. The summed E-state index contributed by atoms with van der Waals surface area (Å²) in [5, 5.41) is 12.8. The molecule has 0 spiro atoms. The molecule has 2 aromatic rings. The molecule has 2 rings (SSSR count). The minimum atomic E-state index is -0.249. The maximum atomic E-state index is 14.1. The first-order chi connectivity index (χ1) is 13.9. The topological polar surface area (TPSA) is 47.8 Å². The summed E-state index contributed by atoms with van der Waals surface area (Å²) in [5.74, 6) is 0.851. The van der Waals surface area contributed by atoms with Crippen molar-refractivity contribution in [2.45, 2.75) is 70.6 Å². The Kier molecular flexibility index (Phi) is 7.60. The van der Waals surface area contributed by atoms with E-state index in [2.05, 4.69) is 71.2 Å². The van der Waals surface area contributed by atoms with Crippen LogP contribution in [0.1, 0.15) is 82.6 Å². The molecule has 0 amide bonds. The fraction of sp³-hybridized carbons (Fsp3) is 0.400. The molecule has 2 N–H and O–H groups in total. The van der Waals surface area contributed by atoms with Crippen molar-refractivity contribution in [2.24, 2.45) is 0 Å². The van der Waals surface area contributed by atoms with Crippen LogP contribution in [0.3, 0.4) is 0 Å². The Balaban J connectivity index is 2.25. The zero-order chi connectivity index (χ0) is 22.6. The lowest BCUT2D eigenvalue weighted by molar-refractivity contribution is 0.568.